The zero-order chi connectivity index (χ0) is 8.97. The van der Waals surface area contributed by atoms with Crippen molar-refractivity contribution in [3.8, 4) is 0 Å². The lowest BCUT2D eigenvalue weighted by Gasteiger charge is -2.03. The summed E-state index contributed by atoms with van der Waals surface area (Å²) in [5.74, 6) is 0. The van der Waals surface area contributed by atoms with Crippen LogP contribution in [0.3, 0.4) is 0 Å². The van der Waals surface area contributed by atoms with Crippen LogP contribution in [-0.4, -0.2) is 0 Å². The highest BCUT2D eigenvalue weighted by Gasteiger charge is 1.95. The van der Waals surface area contributed by atoms with Gasteiger partial charge in [-0.25, -0.2) is 0 Å². The third-order valence-corrected chi connectivity index (χ3v) is 1.99. The first-order valence-corrected chi connectivity index (χ1v) is 4.27. The van der Waals surface area contributed by atoms with Gasteiger partial charge >= 0.3 is 0 Å². The van der Waals surface area contributed by atoms with E-state index in [1.165, 1.54) is 16.7 Å². The van der Waals surface area contributed by atoms with Gasteiger partial charge in [0.2, 0.25) is 0 Å². The summed E-state index contributed by atoms with van der Waals surface area (Å²) in [5, 5.41) is 0. The van der Waals surface area contributed by atoms with E-state index in [0.717, 1.165) is 6.42 Å². The van der Waals surface area contributed by atoms with Gasteiger partial charge in [0.15, 0.2) is 0 Å². The zero-order valence-corrected chi connectivity index (χ0v) is 7.80. The third-order valence-electron chi connectivity index (χ3n) is 1.99. The van der Waals surface area contributed by atoms with Crippen LogP contribution >= 0.6 is 0 Å². The molecule has 0 spiro atoms. The Morgan fingerprint density at radius 3 is 2.33 bits per heavy atom. The van der Waals surface area contributed by atoms with Crippen LogP contribution in [0.5, 0.6) is 0 Å². The number of allylic oxidation sites excluding steroid dienone is 1. The van der Waals surface area contributed by atoms with Crippen LogP contribution in [0.4, 0.5) is 0 Å². The maximum atomic E-state index is 3.77. The minimum absolute atomic E-state index is 0.855. The number of hydrogen-bond donors (Lipinski definition) is 0. The SMILES string of the molecule is [CH2]CC=Cc1c(C)cccc1C. The van der Waals surface area contributed by atoms with Gasteiger partial charge in [-0.05, 0) is 43.9 Å². The molecule has 0 N–H and O–H groups in total. The predicted molar refractivity (Wildman–Crippen MR) is 54.9 cm³/mol. The van der Waals surface area contributed by atoms with Gasteiger partial charge in [-0.1, -0.05) is 30.4 Å². The molecular formula is C12H15. The molecular weight excluding hydrogens is 144 g/mol. The van der Waals surface area contributed by atoms with Crippen molar-refractivity contribution in [1.82, 2.24) is 0 Å². The standard InChI is InChI=1S/C12H15/c1-4-5-9-12-10(2)7-6-8-11(12)3/h5-9H,1,4H2,2-3H3. The Balaban J connectivity index is 3.04. The molecule has 1 aromatic carbocycles. The monoisotopic (exact) mass is 159 g/mol. The first-order chi connectivity index (χ1) is 5.75. The molecule has 63 valence electrons. The number of hydrogen-bond acceptors (Lipinski definition) is 0. The van der Waals surface area contributed by atoms with Crippen LogP contribution in [0.1, 0.15) is 23.1 Å². The second kappa shape index (κ2) is 4.10. The van der Waals surface area contributed by atoms with Crippen molar-refractivity contribution in [2.75, 3.05) is 0 Å². The van der Waals surface area contributed by atoms with Crippen molar-refractivity contribution in [2.45, 2.75) is 20.3 Å². The molecule has 0 aliphatic carbocycles. The molecule has 0 aliphatic rings. The van der Waals surface area contributed by atoms with Gasteiger partial charge < -0.3 is 0 Å². The van der Waals surface area contributed by atoms with Crippen molar-refractivity contribution in [3.63, 3.8) is 0 Å². The maximum Gasteiger partial charge on any atom is -0.0201 e. The molecule has 0 aromatic heterocycles. The average Bonchev–Trinajstić information content (AvgIpc) is 2.04. The molecule has 1 rings (SSSR count). The number of rotatable bonds is 2. The average molecular weight is 159 g/mol. The lowest BCUT2D eigenvalue weighted by molar-refractivity contribution is 1.34. The van der Waals surface area contributed by atoms with Crippen molar-refractivity contribution < 1.29 is 0 Å². The normalized spacial score (nSPS) is 10.9. The summed E-state index contributed by atoms with van der Waals surface area (Å²) >= 11 is 0. The fraction of sp³-hybridized carbons (Fsp3) is 0.250. The van der Waals surface area contributed by atoms with Crippen LogP contribution in [0.15, 0.2) is 24.3 Å². The van der Waals surface area contributed by atoms with Crippen molar-refractivity contribution in [3.05, 3.63) is 47.9 Å². The molecule has 0 atom stereocenters. The van der Waals surface area contributed by atoms with Gasteiger partial charge in [0.25, 0.3) is 0 Å². The Bertz CT molecular complexity index is 262. The summed E-state index contributed by atoms with van der Waals surface area (Å²) in [6, 6.07) is 6.36. The quantitative estimate of drug-likeness (QED) is 0.619. The van der Waals surface area contributed by atoms with Crippen molar-refractivity contribution in [2.24, 2.45) is 0 Å². The van der Waals surface area contributed by atoms with Crippen LogP contribution < -0.4 is 0 Å². The van der Waals surface area contributed by atoms with Gasteiger partial charge in [0.05, 0.1) is 0 Å². The van der Waals surface area contributed by atoms with Crippen LogP contribution in [-0.2, 0) is 0 Å². The maximum absolute atomic E-state index is 3.77. The van der Waals surface area contributed by atoms with Crippen molar-refractivity contribution in [1.29, 1.82) is 0 Å². The molecule has 0 saturated carbocycles. The summed E-state index contributed by atoms with van der Waals surface area (Å²) in [4.78, 5) is 0. The molecule has 0 bridgehead atoms. The molecule has 1 aromatic rings. The van der Waals surface area contributed by atoms with Gasteiger partial charge in [-0.3, -0.25) is 0 Å². The smallest absolute Gasteiger partial charge is 0.0201 e. The Kier molecular flexibility index (Phi) is 3.09. The van der Waals surface area contributed by atoms with Gasteiger partial charge in [0.1, 0.15) is 0 Å². The second-order valence-electron chi connectivity index (χ2n) is 3.00. The Morgan fingerprint density at radius 1 is 1.25 bits per heavy atom. The fourth-order valence-electron chi connectivity index (χ4n) is 1.29. The van der Waals surface area contributed by atoms with Gasteiger partial charge in [0, 0.05) is 0 Å². The van der Waals surface area contributed by atoms with E-state index in [0.29, 0.717) is 0 Å². The highest BCUT2D eigenvalue weighted by Crippen LogP contribution is 2.14. The predicted octanol–water partition coefficient (Wildman–Crippen LogP) is 3.54. The van der Waals surface area contributed by atoms with E-state index in [1.807, 2.05) is 0 Å². The van der Waals surface area contributed by atoms with E-state index in [2.05, 4.69) is 51.1 Å². The largest absolute Gasteiger partial charge is 0.0839 e. The van der Waals surface area contributed by atoms with E-state index in [1.54, 1.807) is 0 Å². The van der Waals surface area contributed by atoms with E-state index < -0.39 is 0 Å². The number of benzene rings is 1. The lowest BCUT2D eigenvalue weighted by Crippen LogP contribution is -1.84. The molecule has 12 heavy (non-hydrogen) atoms. The Labute approximate surface area is 74.9 Å². The molecule has 0 amide bonds. The highest BCUT2D eigenvalue weighted by molar-refractivity contribution is 5.57. The summed E-state index contributed by atoms with van der Waals surface area (Å²) in [6.07, 6.45) is 5.10. The molecule has 0 saturated heterocycles. The zero-order valence-electron chi connectivity index (χ0n) is 7.80. The first kappa shape index (κ1) is 9.05. The molecule has 0 nitrogen and oxygen atoms in total. The van der Waals surface area contributed by atoms with E-state index in [9.17, 15) is 0 Å². The Hall–Kier alpha value is -1.04. The minimum atomic E-state index is 0.855. The van der Waals surface area contributed by atoms with Crippen molar-refractivity contribution >= 4 is 6.08 Å². The minimum Gasteiger partial charge on any atom is -0.0839 e. The number of aryl methyl sites for hydroxylation is 2. The molecule has 0 heteroatoms. The summed E-state index contributed by atoms with van der Waals surface area (Å²) in [7, 11) is 0. The summed E-state index contributed by atoms with van der Waals surface area (Å²) in [6.45, 7) is 8.04. The lowest BCUT2D eigenvalue weighted by atomic mass is 10.0. The van der Waals surface area contributed by atoms with Gasteiger partial charge in [-0.15, -0.1) is 0 Å². The highest BCUT2D eigenvalue weighted by atomic mass is 14.0. The second-order valence-corrected chi connectivity index (χ2v) is 3.00. The van der Waals surface area contributed by atoms with Crippen LogP contribution in [0, 0.1) is 20.8 Å². The molecule has 0 fully saturated rings. The van der Waals surface area contributed by atoms with E-state index in [4.69, 9.17) is 0 Å². The van der Waals surface area contributed by atoms with Crippen LogP contribution in [0.25, 0.3) is 6.08 Å². The molecule has 0 aliphatic heterocycles. The fourth-order valence-corrected chi connectivity index (χ4v) is 1.29. The third kappa shape index (κ3) is 1.97. The molecule has 0 heterocycles. The molecule has 0 unspecified atom stereocenters. The van der Waals surface area contributed by atoms with Gasteiger partial charge in [-0.2, -0.15) is 0 Å². The van der Waals surface area contributed by atoms with E-state index >= 15 is 0 Å². The van der Waals surface area contributed by atoms with Crippen LogP contribution in [0.2, 0.25) is 0 Å². The summed E-state index contributed by atoms with van der Waals surface area (Å²) in [5.41, 5.74) is 4.00. The molecule has 1 radical (unpaired) electrons. The summed E-state index contributed by atoms with van der Waals surface area (Å²) < 4.78 is 0. The van der Waals surface area contributed by atoms with E-state index in [-0.39, 0.29) is 0 Å². The first-order valence-electron chi connectivity index (χ1n) is 4.27. The Morgan fingerprint density at radius 2 is 1.83 bits per heavy atom. The topological polar surface area (TPSA) is 0 Å².